The van der Waals surface area contributed by atoms with E-state index in [-0.39, 0.29) is 38.2 Å². The van der Waals surface area contributed by atoms with Crippen LogP contribution in [0, 0.1) is 38.2 Å². The van der Waals surface area contributed by atoms with Crippen LogP contribution in [0.1, 0.15) is 0 Å². The molecule has 0 aliphatic carbocycles. The van der Waals surface area contributed by atoms with Gasteiger partial charge < -0.3 is 0 Å². The van der Waals surface area contributed by atoms with Crippen molar-refractivity contribution in [1.29, 1.82) is 0 Å². The Morgan fingerprint density at radius 2 is 1.75 bits per heavy atom. The topological polar surface area (TPSA) is 0 Å². The summed E-state index contributed by atoms with van der Waals surface area (Å²) < 4.78 is 0. The number of rotatable bonds is 0. The molecule has 0 aromatic heterocycles. The van der Waals surface area contributed by atoms with Crippen LogP contribution in [-0.2, 0) is 27.0 Å². The third-order valence-corrected chi connectivity index (χ3v) is 0. The molecule has 0 heterocycles. The summed E-state index contributed by atoms with van der Waals surface area (Å²) in [7, 11) is 0. The van der Waals surface area contributed by atoms with E-state index in [1.165, 1.54) is 12.7 Å². The van der Waals surface area contributed by atoms with Crippen molar-refractivity contribution in [2.45, 2.75) is 0 Å². The number of hydrogen-bond donors (Lipinski definition) is 0. The average molecular weight is 290 g/mol. The third-order valence-electron chi connectivity index (χ3n) is 0. The van der Waals surface area contributed by atoms with Crippen molar-refractivity contribution in [3.05, 3.63) is 0 Å². The molecule has 4 heavy (non-hydrogen) atoms. The standard InChI is InChI=1S/BH2.Co.Dy.Fe/h1H2;;;/q+1;-1;;. The summed E-state index contributed by atoms with van der Waals surface area (Å²) in [6, 6.07) is 0. The zero-order chi connectivity index (χ0) is 2.71. The molecule has 0 fully saturated rings. The molecular weight excluding hydrogens is 288 g/mol. The second-order valence-corrected chi connectivity index (χ2v) is 2.00. The van der Waals surface area contributed by atoms with Gasteiger partial charge in [0.25, 0.3) is 0 Å². The van der Waals surface area contributed by atoms with Gasteiger partial charge in [-0.3, -0.25) is 0 Å². The maximum absolute atomic E-state index is 3.45. The van der Waals surface area contributed by atoms with E-state index in [1.807, 2.05) is 6.70 Å². The van der Waals surface area contributed by atoms with Crippen LogP contribution in [0.3, 0.4) is 0 Å². The minimum absolute atomic E-state index is 0. The van der Waals surface area contributed by atoms with Gasteiger partial charge in [-0.2, -0.15) is 0 Å². The molecule has 0 atom stereocenters. The van der Waals surface area contributed by atoms with E-state index in [1.54, 1.807) is 0 Å². The predicted octanol–water partition coefficient (Wildman–Crippen LogP) is -0.921. The Morgan fingerprint density at radius 1 is 1.75 bits per heavy atom. The van der Waals surface area contributed by atoms with Crippen molar-refractivity contribution in [3.8, 4) is 0 Å². The first kappa shape index (κ1) is 9.61. The first-order chi connectivity index (χ1) is 1.41. The van der Waals surface area contributed by atoms with Gasteiger partial charge in [-0.1, -0.05) is 0 Å². The summed E-state index contributed by atoms with van der Waals surface area (Å²) in [6.07, 6.45) is 0. The molecule has 0 aliphatic heterocycles. The predicted molar refractivity (Wildman–Crippen MR) is 8.54 cm³/mol. The number of hydrogen-bond acceptors (Lipinski definition) is 0. The smallest absolute Gasteiger partial charge is 0 e. The monoisotopic (exact) mass is 292 g/mol. The fraction of sp³-hybridized carbons (Fsp3) is 0. The van der Waals surface area contributed by atoms with Gasteiger partial charge in [0.1, 0.15) is 0 Å². The summed E-state index contributed by atoms with van der Waals surface area (Å²) in [5, 5.41) is 0. The summed E-state index contributed by atoms with van der Waals surface area (Å²) in [5.41, 5.74) is 0. The molecule has 0 unspecified atom stereocenters. The molecule has 0 bridgehead atoms. The van der Waals surface area contributed by atoms with E-state index in [0.29, 0.717) is 0 Å². The van der Waals surface area contributed by atoms with E-state index in [4.69, 9.17) is 0 Å². The largest absolute Gasteiger partial charge is 0 e. The summed E-state index contributed by atoms with van der Waals surface area (Å²) >= 11 is 4.64. The average Bonchev–Trinajstić information content (AvgIpc) is 0.918. The van der Waals surface area contributed by atoms with Crippen LogP contribution in [0.4, 0.5) is 0 Å². The van der Waals surface area contributed by atoms with Gasteiger partial charge in [0, 0.05) is 38.2 Å². The quantitative estimate of drug-likeness (QED) is 0.506. The van der Waals surface area contributed by atoms with E-state index < -0.39 is 0 Å². The molecule has 0 rings (SSSR count). The summed E-state index contributed by atoms with van der Waals surface area (Å²) in [6.45, 7) is 1.98. The molecule has 0 aromatic rings. The van der Waals surface area contributed by atoms with Crippen molar-refractivity contribution in [2.75, 3.05) is 0 Å². The van der Waals surface area contributed by atoms with Crippen molar-refractivity contribution in [2.24, 2.45) is 0 Å². The van der Waals surface area contributed by atoms with E-state index in [2.05, 4.69) is 14.2 Å². The molecular formula is H2BCoDyFe. The molecule has 4 heteroatoms. The normalized spacial score (nSPS) is 5.25. The maximum atomic E-state index is 3.45. The summed E-state index contributed by atoms with van der Waals surface area (Å²) in [5.74, 6) is 0. The van der Waals surface area contributed by atoms with Crippen LogP contribution in [0.2, 0.25) is 0 Å². The van der Waals surface area contributed by atoms with Gasteiger partial charge in [-0.15, -0.1) is 0 Å². The zero-order valence-corrected chi connectivity index (χ0v) is 6.18. The second kappa shape index (κ2) is 9.03. The van der Waals surface area contributed by atoms with Crippen LogP contribution >= 0.6 is 0 Å². The minimum Gasteiger partial charge on any atom is 0 e. The molecule has 0 nitrogen and oxygen atoms in total. The zero-order valence-electron chi connectivity index (χ0n) is 2.00. The SMILES string of the molecule is [BH2][Co][Fe].[Dy]. The van der Waals surface area contributed by atoms with Crippen LogP contribution < -0.4 is 0 Å². The molecule has 0 radical (unpaired) electrons. The second-order valence-electron chi connectivity index (χ2n) is 0.118. The van der Waals surface area contributed by atoms with Crippen LogP contribution in [-0.4, -0.2) is 6.70 Å². The maximum Gasteiger partial charge on any atom is 0 e. The van der Waals surface area contributed by atoms with E-state index in [9.17, 15) is 0 Å². The Morgan fingerprint density at radius 3 is 1.75 bits per heavy atom. The van der Waals surface area contributed by atoms with Gasteiger partial charge in [0.15, 0.2) is 0 Å². The van der Waals surface area contributed by atoms with E-state index in [0.717, 1.165) is 0 Å². The van der Waals surface area contributed by atoms with Gasteiger partial charge in [-0.25, -0.2) is 0 Å². The van der Waals surface area contributed by atoms with Gasteiger partial charge in [0.05, 0.1) is 0 Å². The minimum atomic E-state index is 0. The Hall–Kier alpha value is 2.36. The molecule has 0 spiro atoms. The Labute approximate surface area is 70.5 Å². The fourth-order valence-corrected chi connectivity index (χ4v) is 0. The molecule has 0 aliphatic rings. The van der Waals surface area contributed by atoms with Crippen molar-refractivity contribution in [1.82, 2.24) is 0 Å². The molecule has 0 saturated carbocycles. The summed E-state index contributed by atoms with van der Waals surface area (Å²) in [4.78, 5) is 0. The Bertz CT molecular complexity index is 8.00. The van der Waals surface area contributed by atoms with Gasteiger partial charge in [-0.05, 0) is 0 Å². The Balaban J connectivity index is 0. The molecule has 0 saturated heterocycles. The van der Waals surface area contributed by atoms with Crippen molar-refractivity contribution >= 4 is 6.70 Å². The molecule has 0 aromatic carbocycles. The Kier molecular flexibility index (Phi) is 21.7. The molecule has 0 N–H and O–H groups in total. The van der Waals surface area contributed by atoms with E-state index >= 15 is 0 Å². The fourth-order valence-electron chi connectivity index (χ4n) is 0. The van der Waals surface area contributed by atoms with Crippen LogP contribution in [0.5, 0.6) is 0 Å². The van der Waals surface area contributed by atoms with Crippen LogP contribution in [0.15, 0.2) is 0 Å². The first-order valence-electron chi connectivity index (χ1n) is 0.451. The third kappa shape index (κ3) is 8.84. The van der Waals surface area contributed by atoms with Gasteiger partial charge in [0.2, 0.25) is 0 Å². The van der Waals surface area contributed by atoms with Crippen molar-refractivity contribution in [3.63, 3.8) is 0 Å². The van der Waals surface area contributed by atoms with Gasteiger partial charge >= 0.3 is 33.7 Å². The first-order valence-corrected chi connectivity index (χ1v) is 3.38. The molecule has 32 valence electrons. The van der Waals surface area contributed by atoms with Crippen LogP contribution in [0.25, 0.3) is 0 Å². The van der Waals surface area contributed by atoms with Crippen molar-refractivity contribution < 1.29 is 65.1 Å². The molecule has 0 amide bonds.